The van der Waals surface area contributed by atoms with E-state index in [9.17, 15) is 14.9 Å². The van der Waals surface area contributed by atoms with Crippen LogP contribution in [0.15, 0.2) is 24.3 Å². The van der Waals surface area contributed by atoms with Gasteiger partial charge in [-0.2, -0.15) is 5.26 Å². The molecule has 7 heteroatoms. The molecule has 2 amide bonds. The number of carbonyl (C=O) groups excluding carboxylic acids is 2. The molecular formula is C26H40N4O3. The number of nitriles is 1. The normalized spacial score (nSPS) is 16.0. The molecule has 0 saturated carbocycles. The van der Waals surface area contributed by atoms with Gasteiger partial charge in [0.05, 0.1) is 6.07 Å². The van der Waals surface area contributed by atoms with Crippen LogP contribution in [-0.4, -0.2) is 55.2 Å². The minimum atomic E-state index is -0.527. The van der Waals surface area contributed by atoms with E-state index in [2.05, 4.69) is 52.9 Å². The highest BCUT2D eigenvalue weighted by Crippen LogP contribution is 2.27. The molecule has 1 atom stereocenters. The van der Waals surface area contributed by atoms with E-state index in [-0.39, 0.29) is 5.91 Å². The van der Waals surface area contributed by atoms with Crippen molar-refractivity contribution in [2.45, 2.75) is 83.3 Å². The van der Waals surface area contributed by atoms with E-state index in [0.29, 0.717) is 31.7 Å². The number of hydrogen-bond donors (Lipinski definition) is 2. The maximum Gasteiger partial charge on any atom is 0.407 e. The Labute approximate surface area is 198 Å². The molecule has 1 aliphatic heterocycles. The Morgan fingerprint density at radius 2 is 1.82 bits per heavy atom. The number of ether oxygens (including phenoxy) is 1. The smallest absolute Gasteiger partial charge is 0.407 e. The number of carbonyl (C=O) groups is 2. The van der Waals surface area contributed by atoms with E-state index >= 15 is 0 Å². The maximum absolute atomic E-state index is 12.2. The zero-order valence-electron chi connectivity index (χ0n) is 20.7. The molecule has 1 saturated heterocycles. The third-order valence-electron chi connectivity index (χ3n) is 5.85. The number of hydrogen-bond acceptors (Lipinski definition) is 5. The average Bonchev–Trinajstić information content (AvgIpc) is 2.75. The van der Waals surface area contributed by atoms with Crippen LogP contribution in [-0.2, 0) is 16.0 Å². The summed E-state index contributed by atoms with van der Waals surface area (Å²) < 4.78 is 5.18. The van der Waals surface area contributed by atoms with Crippen molar-refractivity contribution >= 4 is 12.0 Å². The third kappa shape index (κ3) is 10.7. The predicted molar refractivity (Wildman–Crippen MR) is 130 cm³/mol. The van der Waals surface area contributed by atoms with Gasteiger partial charge in [-0.1, -0.05) is 30.7 Å². The van der Waals surface area contributed by atoms with Gasteiger partial charge < -0.3 is 20.3 Å². The Kier molecular flexibility index (Phi) is 10.7. The third-order valence-corrected chi connectivity index (χ3v) is 5.85. The number of nitrogens with zero attached hydrogens (tertiary/aromatic N) is 2. The first-order chi connectivity index (χ1) is 15.7. The van der Waals surface area contributed by atoms with Crippen molar-refractivity contribution in [3.05, 3.63) is 35.4 Å². The second-order valence-electron chi connectivity index (χ2n) is 10.0. The van der Waals surface area contributed by atoms with Crippen LogP contribution in [0.25, 0.3) is 0 Å². The molecule has 1 aliphatic rings. The molecule has 2 rings (SSSR count). The number of nitrogens with one attached hydrogen (secondary N) is 2. The van der Waals surface area contributed by atoms with Gasteiger partial charge in [0.1, 0.15) is 11.6 Å². The minimum absolute atomic E-state index is 0.107. The largest absolute Gasteiger partial charge is 0.444 e. The molecule has 0 aliphatic carbocycles. The first-order valence-electron chi connectivity index (χ1n) is 12.1. The molecule has 1 unspecified atom stereocenters. The molecule has 0 spiro atoms. The number of unbranched alkanes of at least 4 members (excludes halogenated alkanes) is 2. The van der Waals surface area contributed by atoms with Gasteiger partial charge in [0.15, 0.2) is 0 Å². The average molecular weight is 457 g/mol. The van der Waals surface area contributed by atoms with Crippen molar-refractivity contribution in [3.63, 3.8) is 0 Å². The lowest BCUT2D eigenvalue weighted by Crippen LogP contribution is -2.35. The van der Waals surface area contributed by atoms with Gasteiger partial charge in [0.2, 0.25) is 5.91 Å². The van der Waals surface area contributed by atoms with Gasteiger partial charge in [0, 0.05) is 19.4 Å². The molecule has 1 fully saturated rings. The molecule has 1 heterocycles. The highest BCUT2D eigenvalue weighted by Gasteiger charge is 2.19. The Morgan fingerprint density at radius 1 is 1.15 bits per heavy atom. The first kappa shape index (κ1) is 26.7. The summed E-state index contributed by atoms with van der Waals surface area (Å²) >= 11 is 0. The van der Waals surface area contributed by atoms with Crippen molar-refractivity contribution in [3.8, 4) is 6.07 Å². The number of alkyl carbamates (subject to hydrolysis) is 1. The highest BCUT2D eigenvalue weighted by atomic mass is 16.6. The van der Waals surface area contributed by atoms with E-state index in [0.717, 1.165) is 31.5 Å². The Morgan fingerprint density at radius 3 is 2.42 bits per heavy atom. The van der Waals surface area contributed by atoms with Crippen molar-refractivity contribution in [2.75, 3.05) is 26.7 Å². The fraction of sp³-hybridized carbons (Fsp3) is 0.654. The van der Waals surface area contributed by atoms with Gasteiger partial charge >= 0.3 is 6.09 Å². The highest BCUT2D eigenvalue weighted by molar-refractivity contribution is 5.76. The van der Waals surface area contributed by atoms with Gasteiger partial charge in [0.25, 0.3) is 0 Å². The number of benzene rings is 1. The van der Waals surface area contributed by atoms with E-state index in [1.807, 2.05) is 20.8 Å². The van der Waals surface area contributed by atoms with Crippen molar-refractivity contribution in [1.29, 1.82) is 5.26 Å². The van der Waals surface area contributed by atoms with Gasteiger partial charge in [-0.25, -0.2) is 4.79 Å². The Balaban J connectivity index is 1.64. The molecule has 0 radical (unpaired) electrons. The standard InChI is InChI=1S/C26H40N4O3/c1-26(2,3)33-25(32)28-15-7-5-6-8-24(31)29-23(19-27)18-20-9-11-21(12-10-20)22-13-16-30(4)17-14-22/h9-12,22-23H,5-8,13-18H2,1-4H3,(H,28,32)(H,29,31). The van der Waals surface area contributed by atoms with Gasteiger partial charge in [-0.3, -0.25) is 4.79 Å². The lowest BCUT2D eigenvalue weighted by Gasteiger charge is -2.29. The van der Waals surface area contributed by atoms with Crippen LogP contribution < -0.4 is 10.6 Å². The molecule has 7 nitrogen and oxygen atoms in total. The lowest BCUT2D eigenvalue weighted by molar-refractivity contribution is -0.121. The molecule has 2 N–H and O–H groups in total. The molecule has 0 bridgehead atoms. The number of rotatable bonds is 10. The number of likely N-dealkylation sites (tertiary alicyclic amines) is 1. The summed E-state index contributed by atoms with van der Waals surface area (Å²) in [5, 5.41) is 15.0. The Bertz CT molecular complexity index is 787. The van der Waals surface area contributed by atoms with Crippen LogP contribution in [0.3, 0.4) is 0 Å². The molecule has 182 valence electrons. The van der Waals surface area contributed by atoms with E-state index in [1.165, 1.54) is 18.4 Å². The second-order valence-corrected chi connectivity index (χ2v) is 10.0. The zero-order chi connectivity index (χ0) is 24.3. The summed E-state index contributed by atoms with van der Waals surface area (Å²) in [5.74, 6) is 0.505. The summed E-state index contributed by atoms with van der Waals surface area (Å²) in [5.41, 5.74) is 1.92. The number of piperidine rings is 1. The maximum atomic E-state index is 12.2. The summed E-state index contributed by atoms with van der Waals surface area (Å²) in [6, 6.07) is 10.2. The summed E-state index contributed by atoms with van der Waals surface area (Å²) in [7, 11) is 2.17. The van der Waals surface area contributed by atoms with Crippen molar-refractivity contribution in [2.24, 2.45) is 0 Å². The summed E-state index contributed by atoms with van der Waals surface area (Å²) in [6.07, 6.45) is 5.14. The quantitative estimate of drug-likeness (QED) is 0.516. The van der Waals surface area contributed by atoms with Crippen LogP contribution in [0.5, 0.6) is 0 Å². The zero-order valence-corrected chi connectivity index (χ0v) is 20.7. The van der Waals surface area contributed by atoms with E-state index in [1.54, 1.807) is 0 Å². The second kappa shape index (κ2) is 13.2. The number of amides is 2. The molecule has 0 aromatic heterocycles. The summed E-state index contributed by atoms with van der Waals surface area (Å²) in [4.78, 5) is 26.2. The monoisotopic (exact) mass is 456 g/mol. The summed E-state index contributed by atoms with van der Waals surface area (Å²) in [6.45, 7) is 8.26. The molecule has 33 heavy (non-hydrogen) atoms. The SMILES string of the molecule is CN1CCC(c2ccc(CC(C#N)NC(=O)CCCCCNC(=O)OC(C)(C)C)cc2)CC1. The predicted octanol–water partition coefficient (Wildman–Crippen LogP) is 4.13. The van der Waals surface area contributed by atoms with Crippen LogP contribution in [0.1, 0.15) is 76.3 Å². The van der Waals surface area contributed by atoms with E-state index < -0.39 is 17.7 Å². The molecule has 1 aromatic rings. The van der Waals surface area contributed by atoms with Gasteiger partial charge in [-0.05, 0) is 83.6 Å². The minimum Gasteiger partial charge on any atom is -0.444 e. The van der Waals surface area contributed by atoms with Crippen molar-refractivity contribution in [1.82, 2.24) is 15.5 Å². The molecular weight excluding hydrogens is 416 g/mol. The van der Waals surface area contributed by atoms with Gasteiger partial charge in [-0.15, -0.1) is 0 Å². The van der Waals surface area contributed by atoms with Crippen LogP contribution in [0.4, 0.5) is 4.79 Å². The first-order valence-corrected chi connectivity index (χ1v) is 12.1. The molecule has 1 aromatic carbocycles. The Hall–Kier alpha value is -2.59. The van der Waals surface area contributed by atoms with Crippen LogP contribution >= 0.6 is 0 Å². The lowest BCUT2D eigenvalue weighted by atomic mass is 9.89. The van der Waals surface area contributed by atoms with E-state index in [4.69, 9.17) is 4.74 Å². The fourth-order valence-corrected chi connectivity index (χ4v) is 3.99. The fourth-order valence-electron chi connectivity index (χ4n) is 3.99. The van der Waals surface area contributed by atoms with Crippen LogP contribution in [0.2, 0.25) is 0 Å². The van der Waals surface area contributed by atoms with Crippen molar-refractivity contribution < 1.29 is 14.3 Å². The van der Waals surface area contributed by atoms with Crippen LogP contribution in [0, 0.1) is 11.3 Å². The topological polar surface area (TPSA) is 94.5 Å².